The molecule has 0 spiro atoms. The van der Waals surface area contributed by atoms with Crippen LogP contribution in [0.25, 0.3) is 0 Å². The summed E-state index contributed by atoms with van der Waals surface area (Å²) >= 11 is 0. The molecule has 0 aliphatic carbocycles. The fourth-order valence-electron chi connectivity index (χ4n) is 4.62. The van der Waals surface area contributed by atoms with E-state index in [4.69, 9.17) is 4.74 Å². The Bertz CT molecular complexity index is 685. The lowest BCUT2D eigenvalue weighted by Crippen LogP contribution is -2.54. The third-order valence-corrected chi connectivity index (χ3v) is 6.05. The normalized spacial score (nSPS) is 23.8. The number of para-hydroxylation sites is 1. The zero-order chi connectivity index (χ0) is 20.1. The van der Waals surface area contributed by atoms with Gasteiger partial charge in [-0.05, 0) is 32.4 Å². The van der Waals surface area contributed by atoms with E-state index in [9.17, 15) is 9.59 Å². The van der Waals surface area contributed by atoms with E-state index in [-0.39, 0.29) is 23.8 Å². The largest absolute Gasteiger partial charge is 0.496 e. The molecule has 2 aliphatic rings. The van der Waals surface area contributed by atoms with Crippen LogP contribution < -0.4 is 4.74 Å². The number of rotatable bonds is 6. The number of piperazine rings is 1. The van der Waals surface area contributed by atoms with Crippen molar-refractivity contribution in [2.24, 2.45) is 5.92 Å². The number of methoxy groups -OCH3 is 1. The van der Waals surface area contributed by atoms with Gasteiger partial charge < -0.3 is 14.5 Å². The van der Waals surface area contributed by atoms with Gasteiger partial charge in [0.1, 0.15) is 5.75 Å². The Morgan fingerprint density at radius 1 is 1.14 bits per heavy atom. The fourth-order valence-corrected chi connectivity index (χ4v) is 4.62. The molecular weight excluding hydrogens is 354 g/mol. The van der Waals surface area contributed by atoms with Gasteiger partial charge in [0.05, 0.1) is 19.1 Å². The number of amides is 2. The monoisotopic (exact) mass is 387 g/mol. The molecule has 0 saturated carbocycles. The van der Waals surface area contributed by atoms with Gasteiger partial charge in [0.25, 0.3) is 0 Å². The predicted molar refractivity (Wildman–Crippen MR) is 109 cm³/mol. The molecule has 1 aromatic rings. The Labute approximate surface area is 168 Å². The minimum Gasteiger partial charge on any atom is -0.496 e. The highest BCUT2D eigenvalue weighted by Gasteiger charge is 2.42. The minimum atomic E-state index is -0.261. The molecule has 2 saturated heterocycles. The Hall–Kier alpha value is -2.08. The van der Waals surface area contributed by atoms with E-state index < -0.39 is 0 Å². The predicted octanol–water partition coefficient (Wildman–Crippen LogP) is 2.55. The number of benzene rings is 1. The van der Waals surface area contributed by atoms with Crippen molar-refractivity contribution < 1.29 is 14.3 Å². The molecule has 2 fully saturated rings. The van der Waals surface area contributed by atoms with Gasteiger partial charge in [-0.2, -0.15) is 0 Å². The molecule has 0 unspecified atom stereocenters. The third-order valence-electron chi connectivity index (χ3n) is 6.05. The molecule has 0 bridgehead atoms. The molecule has 28 heavy (non-hydrogen) atoms. The smallest absolute Gasteiger partial charge is 0.228 e. The van der Waals surface area contributed by atoms with Crippen LogP contribution >= 0.6 is 0 Å². The number of carbonyl (C=O) groups excluding carboxylic acids is 2. The van der Waals surface area contributed by atoms with Crippen molar-refractivity contribution in [1.29, 1.82) is 0 Å². The maximum absolute atomic E-state index is 13.5. The van der Waals surface area contributed by atoms with E-state index >= 15 is 0 Å². The highest BCUT2D eigenvalue weighted by molar-refractivity contribution is 5.85. The maximum Gasteiger partial charge on any atom is 0.228 e. The second-order valence-electron chi connectivity index (χ2n) is 7.68. The van der Waals surface area contributed by atoms with Crippen LogP contribution in [0, 0.1) is 5.92 Å². The lowest BCUT2D eigenvalue weighted by atomic mass is 9.82. The van der Waals surface area contributed by atoms with Crippen LogP contribution in [0.2, 0.25) is 0 Å². The molecule has 6 heteroatoms. The Kier molecular flexibility index (Phi) is 6.94. The lowest BCUT2D eigenvalue weighted by molar-refractivity contribution is -0.149. The van der Waals surface area contributed by atoms with Crippen LogP contribution in [0.3, 0.4) is 0 Å². The molecule has 2 atom stereocenters. The number of carbonyl (C=O) groups is 2. The number of nitrogens with zero attached hydrogens (tertiary/aromatic N) is 3. The molecular formula is C22H33N3O3. The van der Waals surface area contributed by atoms with Crippen molar-refractivity contribution in [1.82, 2.24) is 14.7 Å². The number of ether oxygens (including phenoxy) is 1. The molecule has 2 amide bonds. The SMILES string of the molecule is CCCN1CCN(C(=O)[C@@H]2CCC(=O)N(CC)[C@H]2c2ccccc2OC)CC1. The van der Waals surface area contributed by atoms with Gasteiger partial charge in [-0.3, -0.25) is 14.5 Å². The second kappa shape index (κ2) is 9.41. The first-order valence-electron chi connectivity index (χ1n) is 10.5. The van der Waals surface area contributed by atoms with Gasteiger partial charge >= 0.3 is 0 Å². The Balaban J connectivity index is 1.85. The van der Waals surface area contributed by atoms with Gasteiger partial charge in [0.15, 0.2) is 0 Å². The topological polar surface area (TPSA) is 53.1 Å². The second-order valence-corrected chi connectivity index (χ2v) is 7.68. The number of likely N-dealkylation sites (tertiary alicyclic amines) is 1. The summed E-state index contributed by atoms with van der Waals surface area (Å²) in [6, 6.07) is 7.52. The molecule has 0 radical (unpaired) electrons. The van der Waals surface area contributed by atoms with E-state index in [0.717, 1.165) is 50.5 Å². The summed E-state index contributed by atoms with van der Waals surface area (Å²) in [7, 11) is 1.64. The van der Waals surface area contributed by atoms with E-state index in [0.29, 0.717) is 19.4 Å². The molecule has 0 aromatic heterocycles. The van der Waals surface area contributed by atoms with Crippen molar-refractivity contribution in [3.05, 3.63) is 29.8 Å². The summed E-state index contributed by atoms with van der Waals surface area (Å²) in [6.07, 6.45) is 2.18. The van der Waals surface area contributed by atoms with Gasteiger partial charge in [-0.25, -0.2) is 0 Å². The van der Waals surface area contributed by atoms with Crippen LogP contribution in [-0.4, -0.2) is 72.9 Å². The standard InChI is InChI=1S/C22H33N3O3/c1-4-12-23-13-15-24(16-14-23)22(27)18-10-11-20(26)25(5-2)21(18)17-8-6-7-9-19(17)28-3/h6-9,18,21H,4-5,10-16H2,1-3H3/t18-,21+/m1/s1. The summed E-state index contributed by atoms with van der Waals surface area (Å²) in [5.41, 5.74) is 0.933. The van der Waals surface area contributed by atoms with Crippen LogP contribution in [0.1, 0.15) is 44.7 Å². The molecule has 6 nitrogen and oxygen atoms in total. The summed E-state index contributed by atoms with van der Waals surface area (Å²) in [4.78, 5) is 32.4. The zero-order valence-corrected chi connectivity index (χ0v) is 17.4. The molecule has 2 heterocycles. The van der Waals surface area contributed by atoms with Crippen LogP contribution in [-0.2, 0) is 9.59 Å². The van der Waals surface area contributed by atoms with Gasteiger partial charge in [-0.15, -0.1) is 0 Å². The molecule has 3 rings (SSSR count). The van der Waals surface area contributed by atoms with E-state index in [1.54, 1.807) is 7.11 Å². The number of piperidine rings is 1. The van der Waals surface area contributed by atoms with Crippen molar-refractivity contribution in [2.75, 3.05) is 46.4 Å². The summed E-state index contributed by atoms with van der Waals surface area (Å²) in [5, 5.41) is 0. The average Bonchev–Trinajstić information content (AvgIpc) is 2.73. The van der Waals surface area contributed by atoms with E-state index in [2.05, 4.69) is 11.8 Å². The van der Waals surface area contributed by atoms with E-state index in [1.807, 2.05) is 41.0 Å². The third kappa shape index (κ3) is 4.17. The fraction of sp³-hybridized carbons (Fsp3) is 0.636. The summed E-state index contributed by atoms with van der Waals surface area (Å²) < 4.78 is 5.57. The molecule has 1 aromatic carbocycles. The van der Waals surface area contributed by atoms with Crippen molar-refractivity contribution >= 4 is 11.8 Å². The number of hydrogen-bond acceptors (Lipinski definition) is 4. The molecule has 2 aliphatic heterocycles. The quantitative estimate of drug-likeness (QED) is 0.753. The first-order valence-corrected chi connectivity index (χ1v) is 10.5. The van der Waals surface area contributed by atoms with Crippen molar-refractivity contribution in [3.63, 3.8) is 0 Å². The summed E-state index contributed by atoms with van der Waals surface area (Å²) in [6.45, 7) is 9.26. The lowest BCUT2D eigenvalue weighted by Gasteiger charge is -2.43. The highest BCUT2D eigenvalue weighted by atomic mass is 16.5. The van der Waals surface area contributed by atoms with Crippen molar-refractivity contribution in [2.45, 2.75) is 39.2 Å². The average molecular weight is 388 g/mol. The first kappa shape index (κ1) is 20.6. The molecule has 154 valence electrons. The zero-order valence-electron chi connectivity index (χ0n) is 17.4. The van der Waals surface area contributed by atoms with Crippen LogP contribution in [0.4, 0.5) is 0 Å². The maximum atomic E-state index is 13.5. The Morgan fingerprint density at radius 2 is 1.86 bits per heavy atom. The van der Waals surface area contributed by atoms with Gasteiger partial charge in [0, 0.05) is 44.7 Å². The minimum absolute atomic E-state index is 0.121. The van der Waals surface area contributed by atoms with Gasteiger partial charge in [0.2, 0.25) is 11.8 Å². The first-order chi connectivity index (χ1) is 13.6. The van der Waals surface area contributed by atoms with Crippen LogP contribution in [0.5, 0.6) is 5.75 Å². The number of hydrogen-bond donors (Lipinski definition) is 0. The molecule has 0 N–H and O–H groups in total. The van der Waals surface area contributed by atoms with Crippen molar-refractivity contribution in [3.8, 4) is 5.75 Å². The van der Waals surface area contributed by atoms with Gasteiger partial charge in [-0.1, -0.05) is 25.1 Å². The highest BCUT2D eigenvalue weighted by Crippen LogP contribution is 2.41. The summed E-state index contributed by atoms with van der Waals surface area (Å²) in [5.74, 6) is 0.825. The van der Waals surface area contributed by atoms with Crippen LogP contribution in [0.15, 0.2) is 24.3 Å². The Morgan fingerprint density at radius 3 is 2.50 bits per heavy atom. The van der Waals surface area contributed by atoms with E-state index in [1.165, 1.54) is 0 Å².